The van der Waals surface area contributed by atoms with Crippen LogP contribution in [0.2, 0.25) is 0 Å². The summed E-state index contributed by atoms with van der Waals surface area (Å²) in [4.78, 5) is 10.4. The summed E-state index contributed by atoms with van der Waals surface area (Å²) in [6, 6.07) is 22.0. The van der Waals surface area contributed by atoms with Crippen molar-refractivity contribution in [2.45, 2.75) is 20.8 Å². The fraction of sp³-hybridized carbons (Fsp3) is 0.235. The molecule has 2 aromatic rings. The van der Waals surface area contributed by atoms with Gasteiger partial charge >= 0.3 is 5.97 Å². The van der Waals surface area contributed by atoms with Crippen molar-refractivity contribution in [3.05, 3.63) is 72.3 Å². The molecule has 0 aromatic heterocycles. The smallest absolute Gasteiger partial charge is 0.302 e. The summed E-state index contributed by atoms with van der Waals surface area (Å²) in [6.45, 7) is 1.89. The topological polar surface area (TPSA) is 26.3 Å². The van der Waals surface area contributed by atoms with E-state index in [4.69, 9.17) is 4.74 Å². The number of ether oxygens (including phenoxy) is 1. The van der Waals surface area contributed by atoms with Gasteiger partial charge in [-0.15, -0.1) is 0 Å². The van der Waals surface area contributed by atoms with Gasteiger partial charge in [0.15, 0.2) is 0 Å². The van der Waals surface area contributed by atoms with Crippen molar-refractivity contribution in [3.8, 4) is 0 Å². The van der Waals surface area contributed by atoms with Gasteiger partial charge in [-0.1, -0.05) is 74.2 Å². The number of benzene rings is 2. The van der Waals surface area contributed by atoms with Gasteiger partial charge in [0.25, 0.3) is 0 Å². The molecule has 0 atom stereocenters. The highest BCUT2D eigenvalue weighted by atomic mass is 16.5. The molecule has 0 saturated heterocycles. The predicted octanol–water partition coefficient (Wildman–Crippen LogP) is 4.11. The van der Waals surface area contributed by atoms with Crippen molar-refractivity contribution in [2.24, 2.45) is 0 Å². The second-order valence-electron chi connectivity index (χ2n) is 3.73. The first-order valence-electron chi connectivity index (χ1n) is 5.96. The highest BCUT2D eigenvalue weighted by Gasteiger charge is 1.93. The average Bonchev–Trinajstić information content (AvgIpc) is 2.42. The summed E-state index contributed by atoms with van der Waals surface area (Å²) in [6.07, 6.45) is 0.792. The van der Waals surface area contributed by atoms with Crippen LogP contribution >= 0.6 is 0 Å². The molecule has 2 heteroatoms. The monoisotopic (exact) mass is 258 g/mol. The van der Waals surface area contributed by atoms with E-state index in [2.05, 4.69) is 0 Å². The summed E-state index contributed by atoms with van der Waals surface area (Å²) in [7, 11) is 0. The van der Waals surface area contributed by atoms with Crippen molar-refractivity contribution in [1.82, 2.24) is 0 Å². The zero-order chi connectivity index (χ0) is 13.1. The maximum atomic E-state index is 10.4. The number of hydrogen-bond donors (Lipinski definition) is 0. The largest absolute Gasteiger partial charge is 0.466 e. The van der Waals surface area contributed by atoms with Crippen LogP contribution in [0.1, 0.15) is 19.9 Å². The summed E-state index contributed by atoms with van der Waals surface area (Å²) < 4.78 is 4.81. The van der Waals surface area contributed by atoms with Crippen molar-refractivity contribution in [3.63, 3.8) is 0 Å². The molecule has 0 aliphatic rings. The first-order chi connectivity index (χ1) is 8.79. The van der Waals surface area contributed by atoms with Crippen molar-refractivity contribution < 1.29 is 9.53 Å². The van der Waals surface area contributed by atoms with Crippen LogP contribution < -0.4 is 0 Å². The molecule has 2 aromatic carbocycles. The lowest BCUT2D eigenvalue weighted by Gasteiger charge is -2.00. The predicted molar refractivity (Wildman–Crippen MR) is 80.0 cm³/mol. The lowest BCUT2D eigenvalue weighted by atomic mass is 10.2. The van der Waals surface area contributed by atoms with Crippen LogP contribution in [0.25, 0.3) is 0 Å². The summed E-state index contributed by atoms with van der Waals surface area (Å²) in [5, 5.41) is 0. The van der Waals surface area contributed by atoms with E-state index in [0.29, 0.717) is 6.61 Å². The van der Waals surface area contributed by atoms with E-state index in [9.17, 15) is 4.79 Å². The van der Waals surface area contributed by atoms with E-state index in [1.807, 2.05) is 66.7 Å². The highest BCUT2D eigenvalue weighted by Crippen LogP contribution is 1.99. The van der Waals surface area contributed by atoms with Gasteiger partial charge in [0.1, 0.15) is 0 Å². The molecule has 0 aliphatic heterocycles. The SMILES string of the molecule is C.CC(=O)OCCc1ccccc1.c1ccccc1. The van der Waals surface area contributed by atoms with E-state index in [-0.39, 0.29) is 13.4 Å². The van der Waals surface area contributed by atoms with Crippen molar-refractivity contribution in [1.29, 1.82) is 0 Å². The third-order valence-corrected chi connectivity index (χ3v) is 2.21. The molecule has 2 nitrogen and oxygen atoms in total. The molecule has 0 aliphatic carbocycles. The zero-order valence-electron chi connectivity index (χ0n) is 10.6. The Labute approximate surface area is 116 Å². The third-order valence-electron chi connectivity index (χ3n) is 2.21. The van der Waals surface area contributed by atoms with Gasteiger partial charge in [-0.25, -0.2) is 0 Å². The normalized spacial score (nSPS) is 8.47. The summed E-state index contributed by atoms with van der Waals surface area (Å²) in [5.74, 6) is -0.217. The summed E-state index contributed by atoms with van der Waals surface area (Å²) in [5.41, 5.74) is 1.19. The van der Waals surface area contributed by atoms with E-state index in [1.54, 1.807) is 0 Å². The Bertz CT molecular complexity index is 397. The fourth-order valence-electron chi connectivity index (χ4n) is 1.34. The molecule has 0 unspecified atom stereocenters. The zero-order valence-corrected chi connectivity index (χ0v) is 10.6. The van der Waals surface area contributed by atoms with Crippen LogP contribution in [-0.4, -0.2) is 12.6 Å². The van der Waals surface area contributed by atoms with Gasteiger partial charge in [-0.05, 0) is 5.56 Å². The van der Waals surface area contributed by atoms with Crippen LogP contribution in [-0.2, 0) is 16.0 Å². The Morgan fingerprint density at radius 3 is 1.74 bits per heavy atom. The molecule has 102 valence electrons. The van der Waals surface area contributed by atoms with E-state index in [0.717, 1.165) is 6.42 Å². The number of carbonyl (C=O) groups excluding carboxylic acids is 1. The van der Waals surface area contributed by atoms with Crippen LogP contribution in [0, 0.1) is 0 Å². The molecule has 19 heavy (non-hydrogen) atoms. The maximum Gasteiger partial charge on any atom is 0.302 e. The van der Waals surface area contributed by atoms with Crippen LogP contribution in [0.5, 0.6) is 0 Å². The molecule has 0 heterocycles. The molecule has 2 rings (SSSR count). The molecule has 0 N–H and O–H groups in total. The number of esters is 1. The molecule has 0 fully saturated rings. The molecule has 0 spiro atoms. The Balaban J connectivity index is 0.000000392. The van der Waals surface area contributed by atoms with Crippen LogP contribution in [0.4, 0.5) is 0 Å². The van der Waals surface area contributed by atoms with Crippen LogP contribution in [0.3, 0.4) is 0 Å². The van der Waals surface area contributed by atoms with Gasteiger partial charge in [0.2, 0.25) is 0 Å². The van der Waals surface area contributed by atoms with Gasteiger partial charge in [-0.3, -0.25) is 4.79 Å². The minimum absolute atomic E-state index is 0. The second-order valence-corrected chi connectivity index (χ2v) is 3.73. The minimum Gasteiger partial charge on any atom is -0.466 e. The highest BCUT2D eigenvalue weighted by molar-refractivity contribution is 5.65. The number of carbonyl (C=O) groups is 1. The first kappa shape index (κ1) is 16.9. The third kappa shape index (κ3) is 9.60. The molecular weight excluding hydrogens is 236 g/mol. The Hall–Kier alpha value is -2.09. The van der Waals surface area contributed by atoms with Gasteiger partial charge < -0.3 is 4.74 Å². The average molecular weight is 258 g/mol. The molecule has 0 radical (unpaired) electrons. The standard InChI is InChI=1S/C10H12O2.C6H6.CH4/c1-9(11)12-8-7-10-5-3-2-4-6-10;1-2-4-6-5-3-1;/h2-6H,7-8H2,1H3;1-6H;1H4. The second kappa shape index (κ2) is 11.0. The fourth-order valence-corrected chi connectivity index (χ4v) is 1.34. The van der Waals surface area contributed by atoms with Crippen molar-refractivity contribution in [2.75, 3.05) is 6.61 Å². The van der Waals surface area contributed by atoms with Gasteiger partial charge in [0, 0.05) is 13.3 Å². The van der Waals surface area contributed by atoms with Crippen LogP contribution in [0.15, 0.2) is 66.7 Å². The lowest BCUT2D eigenvalue weighted by Crippen LogP contribution is -2.02. The van der Waals surface area contributed by atoms with E-state index < -0.39 is 0 Å². The van der Waals surface area contributed by atoms with E-state index >= 15 is 0 Å². The van der Waals surface area contributed by atoms with E-state index in [1.165, 1.54) is 12.5 Å². The Morgan fingerprint density at radius 1 is 0.895 bits per heavy atom. The number of hydrogen-bond acceptors (Lipinski definition) is 2. The lowest BCUT2D eigenvalue weighted by molar-refractivity contribution is -0.140. The van der Waals surface area contributed by atoms with Crippen molar-refractivity contribution >= 4 is 5.97 Å². The molecule has 0 saturated carbocycles. The molecule has 0 amide bonds. The molecule has 0 bridgehead atoms. The first-order valence-corrected chi connectivity index (χ1v) is 5.96. The van der Waals surface area contributed by atoms with Gasteiger partial charge in [-0.2, -0.15) is 0 Å². The quantitative estimate of drug-likeness (QED) is 0.774. The summed E-state index contributed by atoms with van der Waals surface area (Å²) >= 11 is 0. The number of rotatable bonds is 3. The Kier molecular flexibility index (Phi) is 9.81. The molecular formula is C17H22O2. The maximum absolute atomic E-state index is 10.4. The Morgan fingerprint density at radius 2 is 1.32 bits per heavy atom. The minimum atomic E-state index is -0.217. The van der Waals surface area contributed by atoms with Gasteiger partial charge in [0.05, 0.1) is 6.61 Å².